The molecule has 0 aliphatic carbocycles. The van der Waals surface area contributed by atoms with Crippen molar-refractivity contribution in [2.45, 2.75) is 6.42 Å². The van der Waals surface area contributed by atoms with Gasteiger partial charge in [-0.2, -0.15) is 0 Å². The molecule has 0 saturated carbocycles. The number of carbonyl (C=O) groups excluding carboxylic acids is 1. The van der Waals surface area contributed by atoms with Crippen LogP contribution in [0.5, 0.6) is 0 Å². The molecular formula is C8H14N2O. The summed E-state index contributed by atoms with van der Waals surface area (Å²) < 4.78 is 0. The van der Waals surface area contributed by atoms with Gasteiger partial charge in [0, 0.05) is 25.7 Å². The predicted molar refractivity (Wildman–Crippen MR) is 44.3 cm³/mol. The van der Waals surface area contributed by atoms with E-state index in [1.807, 2.05) is 6.08 Å². The molecule has 1 N–H and O–H groups in total. The lowest BCUT2D eigenvalue weighted by Gasteiger charge is -2.20. The molecule has 1 heterocycles. The Hall–Kier alpha value is -0.830. The van der Waals surface area contributed by atoms with E-state index in [0.29, 0.717) is 0 Å². The summed E-state index contributed by atoms with van der Waals surface area (Å²) in [6.07, 6.45) is 2.86. The van der Waals surface area contributed by atoms with Crippen molar-refractivity contribution in [3.63, 3.8) is 0 Å². The first kappa shape index (κ1) is 8.27. The van der Waals surface area contributed by atoms with Crippen LogP contribution < -0.4 is 5.32 Å². The zero-order valence-corrected chi connectivity index (χ0v) is 7.05. The average molecular weight is 154 g/mol. The highest BCUT2D eigenvalue weighted by Gasteiger charge is 2.12. The molecule has 0 spiro atoms. The summed E-state index contributed by atoms with van der Waals surface area (Å²) in [5.41, 5.74) is 0.922. The van der Waals surface area contributed by atoms with E-state index in [1.165, 1.54) is 0 Å². The van der Waals surface area contributed by atoms with Gasteiger partial charge in [0.05, 0.1) is 0 Å². The topological polar surface area (TPSA) is 32.3 Å². The quantitative estimate of drug-likeness (QED) is 0.576. The summed E-state index contributed by atoms with van der Waals surface area (Å²) in [6, 6.07) is 0. The van der Waals surface area contributed by atoms with Crippen LogP contribution in [0, 0.1) is 0 Å². The van der Waals surface area contributed by atoms with Crippen molar-refractivity contribution in [2.75, 3.05) is 27.2 Å². The first-order valence-electron chi connectivity index (χ1n) is 3.83. The van der Waals surface area contributed by atoms with Crippen LogP contribution in [-0.2, 0) is 4.79 Å². The van der Waals surface area contributed by atoms with E-state index in [9.17, 15) is 4.79 Å². The van der Waals surface area contributed by atoms with Gasteiger partial charge in [0.1, 0.15) is 0 Å². The number of nitrogens with zero attached hydrogens (tertiary/aromatic N) is 1. The number of hydrogen-bond acceptors (Lipinski definition) is 2. The summed E-state index contributed by atoms with van der Waals surface area (Å²) in [6.45, 7) is 1.88. The van der Waals surface area contributed by atoms with Crippen LogP contribution in [-0.4, -0.2) is 38.0 Å². The van der Waals surface area contributed by atoms with Crippen molar-refractivity contribution in [1.29, 1.82) is 0 Å². The van der Waals surface area contributed by atoms with Crippen molar-refractivity contribution in [3.8, 4) is 0 Å². The smallest absolute Gasteiger partial charge is 0.246 e. The second kappa shape index (κ2) is 3.53. The molecule has 1 rings (SSSR count). The Balaban J connectivity index is 2.54. The molecule has 1 amide bonds. The lowest BCUT2D eigenvalue weighted by atomic mass is 10.1. The Kier molecular flexibility index (Phi) is 2.65. The monoisotopic (exact) mass is 154 g/mol. The van der Waals surface area contributed by atoms with E-state index >= 15 is 0 Å². The summed E-state index contributed by atoms with van der Waals surface area (Å²) in [4.78, 5) is 13.3. The molecule has 0 aromatic carbocycles. The molecule has 11 heavy (non-hydrogen) atoms. The minimum Gasteiger partial charge on any atom is -0.355 e. The summed E-state index contributed by atoms with van der Waals surface area (Å²) in [5, 5.41) is 2.62. The summed E-state index contributed by atoms with van der Waals surface area (Å²) in [5.74, 6) is 0.0677. The van der Waals surface area contributed by atoms with Crippen molar-refractivity contribution < 1.29 is 4.79 Å². The normalized spacial score (nSPS) is 19.3. The molecule has 62 valence electrons. The third-order valence-electron chi connectivity index (χ3n) is 1.93. The predicted octanol–water partition coefficient (Wildman–Crippen LogP) is -0.00570. The molecule has 0 saturated heterocycles. The standard InChI is InChI=1S/C8H14N2O/c1-9-8(11)7-3-5-10(2)6-4-7/h3H,4-6H2,1-2H3,(H,9,11). The van der Waals surface area contributed by atoms with Crippen LogP contribution in [0.25, 0.3) is 0 Å². The van der Waals surface area contributed by atoms with Crippen LogP contribution in [0.4, 0.5) is 0 Å². The van der Waals surface area contributed by atoms with E-state index in [0.717, 1.165) is 25.1 Å². The number of carbonyl (C=O) groups is 1. The maximum atomic E-state index is 11.1. The Morgan fingerprint density at radius 3 is 2.91 bits per heavy atom. The van der Waals surface area contributed by atoms with Gasteiger partial charge in [-0.15, -0.1) is 0 Å². The van der Waals surface area contributed by atoms with E-state index in [4.69, 9.17) is 0 Å². The van der Waals surface area contributed by atoms with E-state index in [1.54, 1.807) is 7.05 Å². The third kappa shape index (κ3) is 2.05. The van der Waals surface area contributed by atoms with Crippen LogP contribution in [0.15, 0.2) is 11.6 Å². The molecule has 0 atom stereocenters. The average Bonchev–Trinajstić information content (AvgIpc) is 2.05. The van der Waals surface area contributed by atoms with Gasteiger partial charge in [-0.1, -0.05) is 6.08 Å². The van der Waals surface area contributed by atoms with Crippen molar-refractivity contribution in [3.05, 3.63) is 11.6 Å². The highest BCUT2D eigenvalue weighted by Crippen LogP contribution is 2.08. The minimum atomic E-state index is 0.0677. The second-order valence-electron chi connectivity index (χ2n) is 2.82. The Labute approximate surface area is 67.1 Å². The maximum Gasteiger partial charge on any atom is 0.246 e. The molecule has 0 fully saturated rings. The Morgan fingerprint density at radius 2 is 2.45 bits per heavy atom. The van der Waals surface area contributed by atoms with E-state index in [-0.39, 0.29) is 5.91 Å². The molecule has 0 aromatic rings. The summed E-state index contributed by atoms with van der Waals surface area (Å²) in [7, 11) is 3.72. The number of nitrogens with one attached hydrogen (secondary N) is 1. The molecule has 1 aliphatic rings. The van der Waals surface area contributed by atoms with Crippen LogP contribution in [0.1, 0.15) is 6.42 Å². The first-order valence-corrected chi connectivity index (χ1v) is 3.83. The summed E-state index contributed by atoms with van der Waals surface area (Å²) >= 11 is 0. The fourth-order valence-electron chi connectivity index (χ4n) is 1.14. The maximum absolute atomic E-state index is 11.1. The molecular weight excluding hydrogens is 140 g/mol. The fourth-order valence-corrected chi connectivity index (χ4v) is 1.14. The van der Waals surface area contributed by atoms with Crippen LogP contribution >= 0.6 is 0 Å². The van der Waals surface area contributed by atoms with Crippen LogP contribution in [0.2, 0.25) is 0 Å². The van der Waals surface area contributed by atoms with Gasteiger partial charge >= 0.3 is 0 Å². The Morgan fingerprint density at radius 1 is 1.73 bits per heavy atom. The molecule has 0 radical (unpaired) electrons. The second-order valence-corrected chi connectivity index (χ2v) is 2.82. The van der Waals surface area contributed by atoms with Crippen molar-refractivity contribution in [1.82, 2.24) is 10.2 Å². The van der Waals surface area contributed by atoms with Gasteiger partial charge in [0.2, 0.25) is 5.91 Å². The largest absolute Gasteiger partial charge is 0.355 e. The number of likely N-dealkylation sites (N-methyl/N-ethyl adjacent to an activating group) is 2. The molecule has 0 unspecified atom stereocenters. The van der Waals surface area contributed by atoms with Gasteiger partial charge in [0.15, 0.2) is 0 Å². The van der Waals surface area contributed by atoms with Gasteiger partial charge in [0.25, 0.3) is 0 Å². The lowest BCUT2D eigenvalue weighted by Crippen LogP contribution is -2.29. The number of amides is 1. The Bertz CT molecular complexity index is 187. The molecule has 1 aliphatic heterocycles. The van der Waals surface area contributed by atoms with Crippen molar-refractivity contribution >= 4 is 5.91 Å². The number of hydrogen-bond donors (Lipinski definition) is 1. The van der Waals surface area contributed by atoms with Crippen LogP contribution in [0.3, 0.4) is 0 Å². The molecule has 3 nitrogen and oxygen atoms in total. The zero-order valence-electron chi connectivity index (χ0n) is 7.05. The molecule has 0 bridgehead atoms. The SMILES string of the molecule is CNC(=O)C1=CCN(C)CC1. The van der Waals surface area contributed by atoms with Crippen molar-refractivity contribution in [2.24, 2.45) is 0 Å². The van der Waals surface area contributed by atoms with Gasteiger partial charge in [-0.05, 0) is 13.5 Å². The molecule has 3 heteroatoms. The zero-order chi connectivity index (χ0) is 8.27. The highest BCUT2D eigenvalue weighted by atomic mass is 16.1. The lowest BCUT2D eigenvalue weighted by molar-refractivity contribution is -0.117. The van der Waals surface area contributed by atoms with E-state index in [2.05, 4.69) is 17.3 Å². The fraction of sp³-hybridized carbons (Fsp3) is 0.625. The van der Waals surface area contributed by atoms with Gasteiger partial charge < -0.3 is 10.2 Å². The highest BCUT2D eigenvalue weighted by molar-refractivity contribution is 5.93. The third-order valence-corrected chi connectivity index (χ3v) is 1.93. The molecule has 0 aromatic heterocycles. The van der Waals surface area contributed by atoms with Gasteiger partial charge in [-0.3, -0.25) is 4.79 Å². The van der Waals surface area contributed by atoms with E-state index < -0.39 is 0 Å². The van der Waals surface area contributed by atoms with Gasteiger partial charge in [-0.25, -0.2) is 0 Å². The first-order chi connectivity index (χ1) is 5.24. The minimum absolute atomic E-state index is 0.0677. The number of rotatable bonds is 1.